The molecule has 0 heterocycles. The molecule has 0 aromatic heterocycles. The smallest absolute Gasteiger partial charge is 0.100 e. The van der Waals surface area contributed by atoms with Crippen molar-refractivity contribution in [1.29, 1.82) is 15.8 Å². The summed E-state index contributed by atoms with van der Waals surface area (Å²) in [5.41, 5.74) is 17.1. The summed E-state index contributed by atoms with van der Waals surface area (Å²) in [7, 11) is 0. The van der Waals surface area contributed by atoms with Crippen molar-refractivity contribution in [1.82, 2.24) is 0 Å². The highest BCUT2D eigenvalue weighted by atomic mass is 14.4. The largest absolute Gasteiger partial charge is 0.192 e. The van der Waals surface area contributed by atoms with Crippen LogP contribution in [0.2, 0.25) is 0 Å². The number of aryl methyl sites for hydroxylation is 1. The molecule has 0 bridgehead atoms. The lowest BCUT2D eigenvalue weighted by molar-refractivity contribution is 1.41. The van der Waals surface area contributed by atoms with E-state index in [9.17, 15) is 15.8 Å². The van der Waals surface area contributed by atoms with Crippen molar-refractivity contribution in [3.05, 3.63) is 225 Å². The maximum Gasteiger partial charge on any atom is 0.100 e. The van der Waals surface area contributed by atoms with Crippen LogP contribution in [0.3, 0.4) is 0 Å². The molecule has 7 aromatic rings. The third kappa shape index (κ3) is 5.25. The summed E-state index contributed by atoms with van der Waals surface area (Å²) < 4.78 is 0. The van der Waals surface area contributed by atoms with E-state index in [1.54, 1.807) is 0 Å². The average molecular weight is 698 g/mol. The lowest BCUT2D eigenvalue weighted by Crippen LogP contribution is -2.02. The van der Waals surface area contributed by atoms with Crippen LogP contribution in [-0.4, -0.2) is 0 Å². The minimum atomic E-state index is 0.542. The number of rotatable bonds is 5. The van der Waals surface area contributed by atoms with Crippen molar-refractivity contribution >= 4 is 33.4 Å². The standard InChI is InChI=1S/C52H31N3/c1-33-17-11-12-24-37(33)47(44(30-53)34-18-5-2-6-19-34)42-29-43-48(45(31-54)35-20-7-3-8-21-35)38-25-13-14-26-39(38)49(43)52-50(42)40-27-15-16-28-41(40)51(52)46(32-55)36-22-9-4-10-23-36/h2-29H,1H3/b47-44+,48-45+,51-46+. The van der Waals surface area contributed by atoms with Gasteiger partial charge in [0.2, 0.25) is 0 Å². The Bertz CT molecular complexity index is 2930. The van der Waals surface area contributed by atoms with E-state index >= 15 is 0 Å². The maximum atomic E-state index is 11.2. The van der Waals surface area contributed by atoms with Crippen LogP contribution in [0.15, 0.2) is 170 Å². The molecule has 2 aliphatic rings. The normalized spacial score (nSPS) is 14.2. The van der Waals surface area contributed by atoms with Gasteiger partial charge < -0.3 is 0 Å². The number of nitriles is 3. The van der Waals surface area contributed by atoms with E-state index in [4.69, 9.17) is 0 Å². The predicted molar refractivity (Wildman–Crippen MR) is 222 cm³/mol. The van der Waals surface area contributed by atoms with Crippen LogP contribution in [0.5, 0.6) is 0 Å². The predicted octanol–water partition coefficient (Wildman–Crippen LogP) is 12.4. The molecule has 0 radical (unpaired) electrons. The Morgan fingerprint density at radius 3 is 1.38 bits per heavy atom. The van der Waals surface area contributed by atoms with E-state index in [2.05, 4.69) is 67.6 Å². The summed E-state index contributed by atoms with van der Waals surface area (Å²) in [6, 6.07) is 64.4. The summed E-state index contributed by atoms with van der Waals surface area (Å²) in [6.45, 7) is 2.08. The summed E-state index contributed by atoms with van der Waals surface area (Å²) in [5, 5.41) is 33.3. The van der Waals surface area contributed by atoms with Gasteiger partial charge in [-0.2, -0.15) is 15.8 Å². The monoisotopic (exact) mass is 697 g/mol. The van der Waals surface area contributed by atoms with Gasteiger partial charge in [-0.1, -0.05) is 164 Å². The molecule has 55 heavy (non-hydrogen) atoms. The molecule has 0 aliphatic heterocycles. The minimum absolute atomic E-state index is 0.542. The van der Waals surface area contributed by atoms with Crippen molar-refractivity contribution in [2.45, 2.75) is 6.92 Å². The van der Waals surface area contributed by atoms with Crippen LogP contribution in [0.25, 0.3) is 55.7 Å². The Labute approximate surface area is 321 Å². The first kappa shape index (κ1) is 33.1. The van der Waals surface area contributed by atoms with Crippen LogP contribution in [0.4, 0.5) is 0 Å². The SMILES string of the molecule is Cc1ccccc1/C(=C(/C#N)c1ccccc1)c1cc2c(c3c1-c1ccccc1/C3=C(/C#N)c1ccccc1)-c1ccccc1/C2=C(/C#N)c1ccccc1. The molecule has 0 fully saturated rings. The molecule has 0 amide bonds. The average Bonchev–Trinajstić information content (AvgIpc) is 3.75. The van der Waals surface area contributed by atoms with Gasteiger partial charge in [0.25, 0.3) is 0 Å². The molecule has 254 valence electrons. The maximum absolute atomic E-state index is 11.2. The minimum Gasteiger partial charge on any atom is -0.192 e. The summed E-state index contributed by atoms with van der Waals surface area (Å²) >= 11 is 0. The van der Waals surface area contributed by atoms with Gasteiger partial charge in [-0.25, -0.2) is 0 Å². The zero-order valence-electron chi connectivity index (χ0n) is 30.0. The number of fused-ring (bicyclic) bond motifs is 7. The molecule has 2 aliphatic carbocycles. The van der Waals surface area contributed by atoms with E-state index in [0.717, 1.165) is 94.6 Å². The molecule has 7 aromatic carbocycles. The molecular formula is C52H31N3. The number of nitrogens with zero attached hydrogens (tertiary/aromatic N) is 3. The molecule has 0 N–H and O–H groups in total. The zero-order chi connectivity index (χ0) is 37.5. The Balaban J connectivity index is 1.56. The molecule has 3 nitrogen and oxygen atoms in total. The van der Waals surface area contributed by atoms with Crippen LogP contribution in [-0.2, 0) is 0 Å². The van der Waals surface area contributed by atoms with Gasteiger partial charge in [0.15, 0.2) is 0 Å². The fourth-order valence-electron chi connectivity index (χ4n) is 8.41. The highest BCUT2D eigenvalue weighted by molar-refractivity contribution is 6.24. The second-order valence-electron chi connectivity index (χ2n) is 13.7. The van der Waals surface area contributed by atoms with Crippen molar-refractivity contribution in [2.75, 3.05) is 0 Å². The van der Waals surface area contributed by atoms with Gasteiger partial charge in [0.05, 0.1) is 16.7 Å². The fraction of sp³-hybridized carbons (Fsp3) is 0.0192. The van der Waals surface area contributed by atoms with Crippen molar-refractivity contribution < 1.29 is 0 Å². The zero-order valence-corrected chi connectivity index (χ0v) is 30.0. The van der Waals surface area contributed by atoms with Crippen LogP contribution in [0, 0.1) is 40.9 Å². The number of allylic oxidation sites excluding steroid dienone is 3. The Hall–Kier alpha value is -7.77. The first-order valence-electron chi connectivity index (χ1n) is 18.2. The van der Waals surface area contributed by atoms with Crippen LogP contribution in [0.1, 0.15) is 55.6 Å². The molecule has 0 saturated heterocycles. The number of hydrogen-bond donors (Lipinski definition) is 0. The lowest BCUT2D eigenvalue weighted by atomic mass is 9.80. The van der Waals surface area contributed by atoms with Gasteiger partial charge in [-0.05, 0) is 85.3 Å². The Morgan fingerprint density at radius 2 is 0.836 bits per heavy atom. The van der Waals surface area contributed by atoms with Gasteiger partial charge >= 0.3 is 0 Å². The number of hydrogen-bond acceptors (Lipinski definition) is 3. The van der Waals surface area contributed by atoms with Crippen molar-refractivity contribution in [2.24, 2.45) is 0 Å². The van der Waals surface area contributed by atoms with E-state index in [1.165, 1.54) is 0 Å². The van der Waals surface area contributed by atoms with Gasteiger partial charge in [-0.3, -0.25) is 0 Å². The highest BCUT2D eigenvalue weighted by Crippen LogP contribution is 2.60. The summed E-state index contributed by atoms with van der Waals surface area (Å²) in [4.78, 5) is 0. The fourth-order valence-corrected chi connectivity index (χ4v) is 8.41. The van der Waals surface area contributed by atoms with E-state index in [0.29, 0.717) is 16.7 Å². The van der Waals surface area contributed by atoms with E-state index < -0.39 is 0 Å². The third-order valence-electron chi connectivity index (χ3n) is 10.7. The Kier molecular flexibility index (Phi) is 8.21. The van der Waals surface area contributed by atoms with Gasteiger partial charge in [-0.15, -0.1) is 0 Å². The van der Waals surface area contributed by atoms with Crippen LogP contribution < -0.4 is 0 Å². The topological polar surface area (TPSA) is 71.4 Å². The summed E-state index contributed by atoms with van der Waals surface area (Å²) in [5.74, 6) is 0. The van der Waals surface area contributed by atoms with E-state index in [-0.39, 0.29) is 0 Å². The first-order chi connectivity index (χ1) is 27.1. The molecule has 3 heteroatoms. The second-order valence-corrected chi connectivity index (χ2v) is 13.7. The highest BCUT2D eigenvalue weighted by Gasteiger charge is 2.39. The molecule has 9 rings (SSSR count). The van der Waals surface area contributed by atoms with Crippen LogP contribution >= 0.6 is 0 Å². The third-order valence-corrected chi connectivity index (χ3v) is 10.7. The second kappa shape index (κ2) is 13.7. The molecular weight excluding hydrogens is 667 g/mol. The van der Waals surface area contributed by atoms with Crippen molar-refractivity contribution in [3.8, 4) is 40.5 Å². The number of benzene rings is 7. The quantitative estimate of drug-likeness (QED) is 0.133. The molecule has 0 unspecified atom stereocenters. The first-order valence-corrected chi connectivity index (χ1v) is 18.2. The van der Waals surface area contributed by atoms with Gasteiger partial charge in [0.1, 0.15) is 18.2 Å². The lowest BCUT2D eigenvalue weighted by Gasteiger charge is -2.21. The molecule has 0 spiro atoms. The molecule has 0 saturated carbocycles. The Morgan fingerprint density at radius 1 is 0.382 bits per heavy atom. The summed E-state index contributed by atoms with van der Waals surface area (Å²) in [6.07, 6.45) is 0. The molecule has 0 atom stereocenters. The van der Waals surface area contributed by atoms with Gasteiger partial charge in [0, 0.05) is 22.3 Å². The van der Waals surface area contributed by atoms with E-state index in [1.807, 2.05) is 127 Å². The van der Waals surface area contributed by atoms with Crippen molar-refractivity contribution in [3.63, 3.8) is 0 Å².